The van der Waals surface area contributed by atoms with Crippen LogP contribution in [0.1, 0.15) is 5.56 Å². The average molecular weight is 188 g/mol. The van der Waals surface area contributed by atoms with E-state index in [1.165, 1.54) is 0 Å². The number of benzene rings is 1. The van der Waals surface area contributed by atoms with Gasteiger partial charge in [0.25, 0.3) is 5.09 Å². The quantitative estimate of drug-likeness (QED) is 0.538. The summed E-state index contributed by atoms with van der Waals surface area (Å²) in [4.78, 5) is 14.0. The minimum atomic E-state index is -0.832. The Bertz CT molecular complexity index is 290. The van der Waals surface area contributed by atoms with Crippen LogP contribution >= 0.6 is 11.6 Å². The number of halogens is 1. The molecule has 0 aliphatic heterocycles. The number of rotatable bonds is 3. The molecule has 5 heteroatoms. The van der Waals surface area contributed by atoms with Gasteiger partial charge in [-0.05, 0) is 17.7 Å². The van der Waals surface area contributed by atoms with Crippen molar-refractivity contribution in [3.63, 3.8) is 0 Å². The van der Waals surface area contributed by atoms with Crippen LogP contribution in [0, 0.1) is 10.1 Å². The molecule has 0 radical (unpaired) electrons. The smallest absolute Gasteiger partial charge is 0.294 e. The molecule has 1 rings (SSSR count). The molecule has 0 amide bonds. The maximum Gasteiger partial charge on any atom is 0.294 e. The molecule has 12 heavy (non-hydrogen) atoms. The monoisotopic (exact) mass is 187 g/mol. The molecule has 0 aliphatic rings. The van der Waals surface area contributed by atoms with Gasteiger partial charge >= 0.3 is 0 Å². The van der Waals surface area contributed by atoms with E-state index in [1.807, 2.05) is 0 Å². The Labute approximate surface area is 73.8 Å². The first-order chi connectivity index (χ1) is 5.68. The first-order valence-corrected chi connectivity index (χ1v) is 3.58. The lowest BCUT2D eigenvalue weighted by Crippen LogP contribution is -1.99. The molecule has 1 aromatic rings. The van der Waals surface area contributed by atoms with Crippen molar-refractivity contribution in [3.8, 4) is 0 Å². The summed E-state index contributed by atoms with van der Waals surface area (Å²) in [7, 11) is 0. The molecular formula is C7H6ClNO3. The van der Waals surface area contributed by atoms with E-state index in [1.54, 1.807) is 24.3 Å². The summed E-state index contributed by atoms with van der Waals surface area (Å²) in [6, 6.07) is 6.72. The second-order valence-corrected chi connectivity index (χ2v) is 2.56. The second-order valence-electron chi connectivity index (χ2n) is 2.13. The third kappa shape index (κ3) is 2.75. The Morgan fingerprint density at radius 3 is 2.92 bits per heavy atom. The maximum absolute atomic E-state index is 9.81. The largest absolute Gasteiger partial charge is 0.309 e. The van der Waals surface area contributed by atoms with Gasteiger partial charge in [-0.2, -0.15) is 0 Å². The van der Waals surface area contributed by atoms with Crippen LogP contribution in [-0.4, -0.2) is 5.09 Å². The lowest BCUT2D eigenvalue weighted by molar-refractivity contribution is -0.763. The van der Waals surface area contributed by atoms with Crippen molar-refractivity contribution in [1.29, 1.82) is 0 Å². The summed E-state index contributed by atoms with van der Waals surface area (Å²) in [5.41, 5.74) is 0.680. The van der Waals surface area contributed by atoms with Crippen LogP contribution in [-0.2, 0) is 11.4 Å². The van der Waals surface area contributed by atoms with Gasteiger partial charge in [0, 0.05) is 5.02 Å². The standard InChI is InChI=1S/C7H6ClNO3/c8-7-3-1-2-6(4-7)5-12-9(10)11/h1-4H,5H2. The van der Waals surface area contributed by atoms with Crippen molar-refractivity contribution in [2.45, 2.75) is 6.61 Å². The molecule has 0 heterocycles. The van der Waals surface area contributed by atoms with Gasteiger partial charge in [0.05, 0.1) is 0 Å². The first kappa shape index (κ1) is 8.80. The average Bonchev–Trinajstić information content (AvgIpc) is 2.01. The fourth-order valence-corrected chi connectivity index (χ4v) is 0.967. The Morgan fingerprint density at radius 1 is 1.58 bits per heavy atom. The summed E-state index contributed by atoms with van der Waals surface area (Å²) in [6.45, 7) is -0.0619. The van der Waals surface area contributed by atoms with Crippen molar-refractivity contribution in [1.82, 2.24) is 0 Å². The lowest BCUT2D eigenvalue weighted by Gasteiger charge is -1.98. The summed E-state index contributed by atoms with van der Waals surface area (Å²) >= 11 is 5.63. The molecule has 0 saturated carbocycles. The van der Waals surface area contributed by atoms with Crippen LogP contribution in [0.15, 0.2) is 24.3 Å². The van der Waals surface area contributed by atoms with Gasteiger partial charge in [-0.3, -0.25) is 0 Å². The van der Waals surface area contributed by atoms with Crippen molar-refractivity contribution >= 4 is 11.6 Å². The molecule has 0 fully saturated rings. The van der Waals surface area contributed by atoms with Gasteiger partial charge in [-0.1, -0.05) is 23.7 Å². The molecule has 64 valence electrons. The van der Waals surface area contributed by atoms with E-state index in [4.69, 9.17) is 11.6 Å². The highest BCUT2D eigenvalue weighted by Gasteiger charge is 1.97. The predicted octanol–water partition coefficient (Wildman–Crippen LogP) is 2.05. The van der Waals surface area contributed by atoms with E-state index < -0.39 is 5.09 Å². The van der Waals surface area contributed by atoms with E-state index in [2.05, 4.69) is 4.84 Å². The van der Waals surface area contributed by atoms with Crippen molar-refractivity contribution < 1.29 is 9.92 Å². The van der Waals surface area contributed by atoms with E-state index in [0.717, 1.165) is 0 Å². The van der Waals surface area contributed by atoms with Crippen LogP contribution in [0.4, 0.5) is 0 Å². The van der Waals surface area contributed by atoms with Crippen molar-refractivity contribution in [3.05, 3.63) is 45.0 Å². The van der Waals surface area contributed by atoms with Crippen molar-refractivity contribution in [2.24, 2.45) is 0 Å². The van der Waals surface area contributed by atoms with Gasteiger partial charge in [0.1, 0.15) is 6.61 Å². The zero-order valence-corrected chi connectivity index (χ0v) is 6.82. The Morgan fingerprint density at radius 2 is 2.33 bits per heavy atom. The van der Waals surface area contributed by atoms with Crippen LogP contribution in [0.3, 0.4) is 0 Å². The Balaban J connectivity index is 2.57. The van der Waals surface area contributed by atoms with E-state index in [0.29, 0.717) is 10.6 Å². The summed E-state index contributed by atoms with van der Waals surface area (Å²) in [5, 5.41) is 9.52. The molecule has 0 aliphatic carbocycles. The molecule has 0 atom stereocenters. The predicted molar refractivity (Wildman–Crippen MR) is 43.2 cm³/mol. The molecule has 0 bridgehead atoms. The van der Waals surface area contributed by atoms with Gasteiger partial charge in [0.2, 0.25) is 0 Å². The van der Waals surface area contributed by atoms with Gasteiger partial charge in [-0.25, -0.2) is 0 Å². The van der Waals surface area contributed by atoms with Crippen molar-refractivity contribution in [2.75, 3.05) is 0 Å². The number of nitrogens with zero attached hydrogens (tertiary/aromatic N) is 1. The van der Waals surface area contributed by atoms with E-state index in [9.17, 15) is 10.1 Å². The molecule has 0 N–H and O–H groups in total. The molecule has 1 aromatic carbocycles. The molecule has 0 spiro atoms. The highest BCUT2D eigenvalue weighted by atomic mass is 35.5. The van der Waals surface area contributed by atoms with Crippen LogP contribution in [0.5, 0.6) is 0 Å². The minimum Gasteiger partial charge on any atom is -0.309 e. The molecule has 0 unspecified atom stereocenters. The maximum atomic E-state index is 9.81. The number of hydrogen-bond donors (Lipinski definition) is 0. The van der Waals surface area contributed by atoms with Gasteiger partial charge < -0.3 is 4.84 Å². The SMILES string of the molecule is O=[N+]([O-])OCc1cccc(Cl)c1. The highest BCUT2D eigenvalue weighted by Crippen LogP contribution is 2.11. The molecule has 0 saturated heterocycles. The van der Waals surface area contributed by atoms with E-state index >= 15 is 0 Å². The third-order valence-electron chi connectivity index (χ3n) is 1.23. The van der Waals surface area contributed by atoms with Gasteiger partial charge in [0.15, 0.2) is 0 Å². The summed E-state index contributed by atoms with van der Waals surface area (Å²) < 4.78 is 0. The fourth-order valence-electron chi connectivity index (χ4n) is 0.754. The second kappa shape index (κ2) is 3.92. The zero-order valence-electron chi connectivity index (χ0n) is 6.07. The van der Waals surface area contributed by atoms with Crippen LogP contribution < -0.4 is 0 Å². The Kier molecular flexibility index (Phi) is 2.88. The molecular weight excluding hydrogens is 182 g/mol. The first-order valence-electron chi connectivity index (χ1n) is 3.20. The van der Waals surface area contributed by atoms with Crippen LogP contribution in [0.25, 0.3) is 0 Å². The summed E-state index contributed by atoms with van der Waals surface area (Å²) in [6.07, 6.45) is 0. The number of hydrogen-bond acceptors (Lipinski definition) is 3. The lowest BCUT2D eigenvalue weighted by atomic mass is 10.2. The van der Waals surface area contributed by atoms with Crippen LogP contribution in [0.2, 0.25) is 5.02 Å². The minimum absolute atomic E-state index is 0.0619. The normalized spacial score (nSPS) is 9.42. The van der Waals surface area contributed by atoms with Gasteiger partial charge in [-0.15, -0.1) is 10.1 Å². The molecule has 4 nitrogen and oxygen atoms in total. The fraction of sp³-hybridized carbons (Fsp3) is 0.143. The summed E-state index contributed by atoms with van der Waals surface area (Å²) in [5.74, 6) is 0. The third-order valence-corrected chi connectivity index (χ3v) is 1.46. The zero-order chi connectivity index (χ0) is 8.97. The molecule has 0 aromatic heterocycles. The highest BCUT2D eigenvalue weighted by molar-refractivity contribution is 6.30. The Hall–Kier alpha value is -1.29. The van der Waals surface area contributed by atoms with E-state index in [-0.39, 0.29) is 6.61 Å². The topological polar surface area (TPSA) is 52.4 Å².